The van der Waals surface area contributed by atoms with E-state index in [2.05, 4.69) is 41.2 Å². The van der Waals surface area contributed by atoms with Gasteiger partial charge < -0.3 is 5.32 Å². The van der Waals surface area contributed by atoms with Crippen molar-refractivity contribution < 1.29 is 0 Å². The Hall–Kier alpha value is -1.09. The monoisotopic (exact) mass is 247 g/mol. The lowest BCUT2D eigenvalue weighted by Crippen LogP contribution is -2.25. The van der Waals surface area contributed by atoms with Gasteiger partial charge in [-0.1, -0.05) is 13.8 Å². The molecule has 1 aromatic heterocycles. The molecule has 1 aliphatic rings. The van der Waals surface area contributed by atoms with Crippen LogP contribution in [0.4, 0.5) is 5.82 Å². The number of rotatable bonds is 8. The van der Waals surface area contributed by atoms with Gasteiger partial charge in [-0.2, -0.15) is 0 Å². The van der Waals surface area contributed by atoms with Crippen LogP contribution in [0.25, 0.3) is 0 Å². The van der Waals surface area contributed by atoms with Crippen LogP contribution in [-0.2, 0) is 6.54 Å². The minimum absolute atomic E-state index is 0.962. The maximum atomic E-state index is 4.35. The summed E-state index contributed by atoms with van der Waals surface area (Å²) in [6, 6.07) is 4.32. The zero-order chi connectivity index (χ0) is 12.8. The molecule has 0 saturated heterocycles. The Morgan fingerprint density at radius 3 is 2.89 bits per heavy atom. The molecule has 0 bridgehead atoms. The van der Waals surface area contributed by atoms with Crippen molar-refractivity contribution in [3.05, 3.63) is 23.9 Å². The van der Waals surface area contributed by atoms with Gasteiger partial charge in [0.05, 0.1) is 0 Å². The molecule has 1 aliphatic carbocycles. The summed E-state index contributed by atoms with van der Waals surface area (Å²) in [6.45, 7) is 8.87. The zero-order valence-electron chi connectivity index (χ0n) is 11.7. The van der Waals surface area contributed by atoms with E-state index in [1.807, 2.05) is 6.20 Å². The molecule has 0 atom stereocenters. The third-order valence-electron chi connectivity index (χ3n) is 3.45. The zero-order valence-corrected chi connectivity index (χ0v) is 11.7. The summed E-state index contributed by atoms with van der Waals surface area (Å²) in [5, 5.41) is 3.35. The Morgan fingerprint density at radius 1 is 1.39 bits per heavy atom. The first-order chi connectivity index (χ1) is 8.81. The van der Waals surface area contributed by atoms with Crippen LogP contribution in [0.15, 0.2) is 18.3 Å². The fraction of sp³-hybridized carbons (Fsp3) is 0.667. The highest BCUT2D eigenvalue weighted by molar-refractivity contribution is 5.37. The van der Waals surface area contributed by atoms with E-state index >= 15 is 0 Å². The summed E-state index contributed by atoms with van der Waals surface area (Å²) >= 11 is 0. The lowest BCUT2D eigenvalue weighted by molar-refractivity contribution is 0.268. The number of pyridine rings is 1. The molecule has 1 saturated carbocycles. The van der Waals surface area contributed by atoms with Crippen molar-refractivity contribution in [2.45, 2.75) is 39.7 Å². The van der Waals surface area contributed by atoms with Gasteiger partial charge in [0.15, 0.2) is 0 Å². The highest BCUT2D eigenvalue weighted by atomic mass is 15.1. The molecule has 3 heteroatoms. The molecule has 18 heavy (non-hydrogen) atoms. The molecule has 3 nitrogen and oxygen atoms in total. The fourth-order valence-electron chi connectivity index (χ4n) is 2.15. The Balaban J connectivity index is 1.89. The van der Waals surface area contributed by atoms with E-state index in [1.165, 1.54) is 24.9 Å². The van der Waals surface area contributed by atoms with Crippen molar-refractivity contribution in [3.63, 3.8) is 0 Å². The topological polar surface area (TPSA) is 28.2 Å². The van der Waals surface area contributed by atoms with Crippen LogP contribution in [0.2, 0.25) is 0 Å². The molecule has 0 spiro atoms. The molecular weight excluding hydrogens is 222 g/mol. The molecule has 1 heterocycles. The van der Waals surface area contributed by atoms with Crippen LogP contribution in [0, 0.1) is 5.92 Å². The quantitative estimate of drug-likeness (QED) is 0.765. The van der Waals surface area contributed by atoms with E-state index in [1.54, 1.807) is 0 Å². The third-order valence-corrected chi connectivity index (χ3v) is 3.45. The van der Waals surface area contributed by atoms with Crippen LogP contribution >= 0.6 is 0 Å². The molecule has 0 aliphatic heterocycles. The van der Waals surface area contributed by atoms with Gasteiger partial charge in [-0.25, -0.2) is 4.98 Å². The van der Waals surface area contributed by atoms with Crippen LogP contribution in [0.3, 0.4) is 0 Å². The third kappa shape index (κ3) is 4.30. The van der Waals surface area contributed by atoms with E-state index < -0.39 is 0 Å². The Morgan fingerprint density at radius 2 is 2.22 bits per heavy atom. The highest BCUT2D eigenvalue weighted by Crippen LogP contribution is 2.30. The van der Waals surface area contributed by atoms with E-state index in [0.29, 0.717) is 0 Å². The van der Waals surface area contributed by atoms with Crippen molar-refractivity contribution in [3.8, 4) is 0 Å². The van der Waals surface area contributed by atoms with Crippen LogP contribution in [0.1, 0.15) is 38.7 Å². The molecule has 0 aromatic carbocycles. The second kappa shape index (κ2) is 6.74. The van der Waals surface area contributed by atoms with Gasteiger partial charge in [-0.05, 0) is 49.4 Å². The highest BCUT2D eigenvalue weighted by Gasteiger charge is 2.23. The van der Waals surface area contributed by atoms with E-state index in [4.69, 9.17) is 0 Å². The maximum absolute atomic E-state index is 4.35. The number of hydrogen-bond acceptors (Lipinski definition) is 3. The molecule has 1 N–H and O–H groups in total. The predicted molar refractivity (Wildman–Crippen MR) is 76.7 cm³/mol. The van der Waals surface area contributed by atoms with Gasteiger partial charge in [-0.3, -0.25) is 4.90 Å². The number of anilines is 1. The maximum Gasteiger partial charge on any atom is 0.126 e. The largest absolute Gasteiger partial charge is 0.370 e. The van der Waals surface area contributed by atoms with E-state index in [-0.39, 0.29) is 0 Å². The van der Waals surface area contributed by atoms with Crippen molar-refractivity contribution in [2.75, 3.05) is 25.0 Å². The first-order valence-corrected chi connectivity index (χ1v) is 7.23. The van der Waals surface area contributed by atoms with E-state index in [0.717, 1.165) is 37.8 Å². The fourth-order valence-corrected chi connectivity index (χ4v) is 2.15. The summed E-state index contributed by atoms with van der Waals surface area (Å²) in [4.78, 5) is 6.89. The van der Waals surface area contributed by atoms with Gasteiger partial charge in [0.25, 0.3) is 0 Å². The molecular formula is C15H25N3. The molecule has 0 radical (unpaired) electrons. The van der Waals surface area contributed by atoms with Gasteiger partial charge in [-0.15, -0.1) is 0 Å². The second-order valence-electron chi connectivity index (χ2n) is 5.25. The normalized spacial score (nSPS) is 15.1. The van der Waals surface area contributed by atoms with E-state index in [9.17, 15) is 0 Å². The average Bonchev–Trinajstić information content (AvgIpc) is 3.20. The minimum atomic E-state index is 0.962. The summed E-state index contributed by atoms with van der Waals surface area (Å²) in [6.07, 6.45) is 5.90. The molecule has 100 valence electrons. The SMILES string of the molecule is CCCNc1cc(CN(CC)CC2CC2)ccn1. The minimum Gasteiger partial charge on any atom is -0.370 e. The molecule has 1 fully saturated rings. The van der Waals surface area contributed by atoms with Crippen LogP contribution in [0.5, 0.6) is 0 Å². The molecule has 2 rings (SSSR count). The standard InChI is InChI=1S/C15H25N3/c1-3-8-16-15-10-14(7-9-17-15)12-18(4-2)11-13-5-6-13/h7,9-10,13H,3-6,8,11-12H2,1-2H3,(H,16,17). The Labute approximate surface area is 111 Å². The summed E-state index contributed by atoms with van der Waals surface area (Å²) in [5.74, 6) is 1.97. The summed E-state index contributed by atoms with van der Waals surface area (Å²) in [5.41, 5.74) is 1.37. The summed E-state index contributed by atoms with van der Waals surface area (Å²) < 4.78 is 0. The number of aromatic nitrogens is 1. The first-order valence-electron chi connectivity index (χ1n) is 7.23. The van der Waals surface area contributed by atoms with Gasteiger partial charge in [0.2, 0.25) is 0 Å². The van der Waals surface area contributed by atoms with Crippen molar-refractivity contribution >= 4 is 5.82 Å². The first kappa shape index (κ1) is 13.3. The van der Waals surface area contributed by atoms with Crippen LogP contribution in [-0.4, -0.2) is 29.5 Å². The van der Waals surface area contributed by atoms with Gasteiger partial charge in [0, 0.05) is 25.8 Å². The van der Waals surface area contributed by atoms with Crippen molar-refractivity contribution in [2.24, 2.45) is 5.92 Å². The number of hydrogen-bond donors (Lipinski definition) is 1. The smallest absolute Gasteiger partial charge is 0.126 e. The molecule has 1 aromatic rings. The predicted octanol–water partition coefficient (Wildman–Crippen LogP) is 3.14. The second-order valence-corrected chi connectivity index (χ2v) is 5.25. The number of nitrogens with zero attached hydrogens (tertiary/aromatic N) is 2. The lowest BCUT2D eigenvalue weighted by atomic mass is 10.2. The molecule has 0 unspecified atom stereocenters. The molecule has 0 amide bonds. The summed E-state index contributed by atoms with van der Waals surface area (Å²) in [7, 11) is 0. The number of nitrogens with one attached hydrogen (secondary N) is 1. The van der Waals surface area contributed by atoms with Gasteiger partial charge >= 0.3 is 0 Å². The lowest BCUT2D eigenvalue weighted by Gasteiger charge is -2.20. The van der Waals surface area contributed by atoms with Crippen molar-refractivity contribution in [1.29, 1.82) is 0 Å². The van der Waals surface area contributed by atoms with Crippen LogP contribution < -0.4 is 5.32 Å². The van der Waals surface area contributed by atoms with Crippen molar-refractivity contribution in [1.82, 2.24) is 9.88 Å². The Bertz CT molecular complexity index is 361. The average molecular weight is 247 g/mol. The Kier molecular flexibility index (Phi) is 5.00. The van der Waals surface area contributed by atoms with Gasteiger partial charge in [0.1, 0.15) is 5.82 Å².